The predicted molar refractivity (Wildman–Crippen MR) is 491 cm³/mol. The molecule has 2 N–H and O–H groups in total. The van der Waals surface area contributed by atoms with Crippen LogP contribution in [-0.4, -0.2) is 26.6 Å². The van der Waals surface area contributed by atoms with E-state index in [-0.39, 0.29) is 33.6 Å². The third kappa shape index (κ3) is 13.8. The zero-order valence-corrected chi connectivity index (χ0v) is 68.1. The van der Waals surface area contributed by atoms with E-state index in [1.54, 1.807) is 0 Å². The first-order chi connectivity index (χ1) is 55.4. The molecular weight excluding hydrogens is 1390 g/mol. The van der Waals surface area contributed by atoms with Crippen molar-refractivity contribution >= 4 is 97.9 Å². The Morgan fingerprint density at radius 2 is 0.661 bits per heavy atom. The summed E-state index contributed by atoms with van der Waals surface area (Å²) in [4.78, 5) is 26.6. The van der Waals surface area contributed by atoms with Gasteiger partial charge in [0.2, 0.25) is 0 Å². The molecular formula is C109H96N6. The molecule has 1 aliphatic carbocycles. The second kappa shape index (κ2) is 28.7. The Labute approximate surface area is 675 Å². The molecule has 0 saturated heterocycles. The number of hydrogen-bond acceptors (Lipinski definition) is 4. The van der Waals surface area contributed by atoms with Crippen LogP contribution in [-0.2, 0) is 16.2 Å². The molecule has 1 aromatic heterocycles. The third-order valence-electron chi connectivity index (χ3n) is 24.0. The largest absolute Gasteiger partial charge is 0.383 e. The van der Waals surface area contributed by atoms with Gasteiger partial charge in [0.15, 0.2) is 17.5 Å². The SMILES string of the molecule is CC(N=C(N=C(N)c1ccc(-c2ccccc2-c2c3cc4c5ccccc5c5ccccc5c4cc3c(-c3ccccc3-c3ccc(-c4nc(-c5ccc(C(C)(C)C)cc5)nc(C5C=CC(C(C)(C)C)=CC5)n4)cc3)c3cc4c5ccccc5c5ccccc5c4cc23)cc1)c1ccc(C(C)(C)C)cc1)c1ccc(C(C)(C)C)cc1. The van der Waals surface area contributed by atoms with Gasteiger partial charge in [0.1, 0.15) is 11.7 Å². The van der Waals surface area contributed by atoms with Crippen molar-refractivity contribution < 1.29 is 0 Å². The van der Waals surface area contributed by atoms with Gasteiger partial charge < -0.3 is 5.73 Å². The molecule has 2 unspecified atom stereocenters. The molecule has 0 saturated carbocycles. The van der Waals surface area contributed by atoms with Gasteiger partial charge in [-0.1, -0.05) is 368 Å². The van der Waals surface area contributed by atoms with Gasteiger partial charge in [-0.05, 0) is 218 Å². The second-order valence-electron chi connectivity index (χ2n) is 35.7. The van der Waals surface area contributed by atoms with Crippen LogP contribution in [0.4, 0.5) is 0 Å². The van der Waals surface area contributed by atoms with Gasteiger partial charge in [-0.2, -0.15) is 0 Å². The van der Waals surface area contributed by atoms with Crippen LogP contribution in [0, 0.1) is 5.41 Å². The van der Waals surface area contributed by atoms with Gasteiger partial charge in [-0.25, -0.2) is 19.9 Å². The van der Waals surface area contributed by atoms with Crippen molar-refractivity contribution in [3.05, 3.63) is 354 Å². The molecule has 18 rings (SSSR count). The molecule has 115 heavy (non-hydrogen) atoms. The van der Waals surface area contributed by atoms with E-state index in [1.165, 1.54) is 86.9 Å². The van der Waals surface area contributed by atoms with E-state index in [2.05, 4.69) is 399 Å². The number of fused-ring (bicyclic) bond motifs is 14. The molecule has 0 radical (unpaired) electrons. The molecule has 0 spiro atoms. The van der Waals surface area contributed by atoms with Crippen molar-refractivity contribution in [3.63, 3.8) is 0 Å². The molecule has 1 aliphatic rings. The minimum absolute atomic E-state index is 0.000928. The van der Waals surface area contributed by atoms with Gasteiger partial charge >= 0.3 is 0 Å². The summed E-state index contributed by atoms with van der Waals surface area (Å²) in [6, 6.07) is 108. The summed E-state index contributed by atoms with van der Waals surface area (Å²) in [5, 5.41) is 19.2. The number of hydrogen-bond donors (Lipinski definition) is 1. The average Bonchev–Trinajstić information content (AvgIpc) is 0.696. The highest BCUT2D eigenvalue weighted by Gasteiger charge is 2.28. The summed E-state index contributed by atoms with van der Waals surface area (Å²) in [6.07, 6.45) is 7.73. The fourth-order valence-electron chi connectivity index (χ4n) is 17.4. The molecule has 562 valence electrons. The van der Waals surface area contributed by atoms with Crippen molar-refractivity contribution in [1.82, 2.24) is 15.0 Å². The molecule has 1 heterocycles. The minimum atomic E-state index is -0.186. The fraction of sp³-hybridized carbons (Fsp3) is 0.183. The molecule has 0 bridgehead atoms. The van der Waals surface area contributed by atoms with Crippen molar-refractivity contribution in [3.8, 4) is 67.3 Å². The molecule has 6 heteroatoms. The monoisotopic (exact) mass is 1490 g/mol. The van der Waals surface area contributed by atoms with Gasteiger partial charge in [0.05, 0.1) is 6.04 Å². The van der Waals surface area contributed by atoms with Crippen molar-refractivity contribution in [2.24, 2.45) is 21.1 Å². The highest BCUT2D eigenvalue weighted by atomic mass is 15.0. The molecule has 16 aromatic carbocycles. The number of rotatable bonds is 11. The van der Waals surface area contributed by atoms with Crippen LogP contribution in [0.15, 0.2) is 325 Å². The summed E-state index contributed by atoms with van der Waals surface area (Å²) in [6.45, 7) is 29.2. The molecule has 6 nitrogen and oxygen atoms in total. The van der Waals surface area contributed by atoms with Gasteiger partial charge in [0.25, 0.3) is 0 Å². The van der Waals surface area contributed by atoms with E-state index in [0.29, 0.717) is 23.3 Å². The first-order valence-electron chi connectivity index (χ1n) is 40.7. The van der Waals surface area contributed by atoms with Crippen LogP contribution in [0.1, 0.15) is 148 Å². The summed E-state index contributed by atoms with van der Waals surface area (Å²) >= 11 is 0. The highest BCUT2D eigenvalue weighted by Crippen LogP contribution is 2.53. The highest BCUT2D eigenvalue weighted by molar-refractivity contribution is 6.35. The molecule has 0 fully saturated rings. The second-order valence-corrected chi connectivity index (χ2v) is 35.7. The van der Waals surface area contributed by atoms with Crippen LogP contribution in [0.3, 0.4) is 0 Å². The molecule has 0 amide bonds. The van der Waals surface area contributed by atoms with E-state index >= 15 is 0 Å². The minimum Gasteiger partial charge on any atom is -0.383 e. The standard InChI is InChI=1S/C109H96N6/c1-66(67-46-54-75(55-47-67)106(2,3)4)111-102(72-48-56-76(57-49-72)107(5,6)7)112-101(110)70-42-38-68(39-43-70)79-26-14-24-36-89(79)99-95-62-91-85-32-20-16-28-81(85)83-30-18-22-34-87(83)93(91)64-97(95)100(98-65-94-88-35-23-19-31-84(88)82-29-17-21-33-86(82)92(94)63-96(98)99)90-37-25-15-27-80(90)69-40-44-71(45-41-69)103-113-104(73-50-58-77(59-51-73)108(8,9)10)115-105(114-103)74-52-60-78(61-53-74)109(11,12)13/h14-52,54-66,74H,53H2,1-13H3,(H2,110,111,112). The Balaban J connectivity index is 0.842. The lowest BCUT2D eigenvalue weighted by atomic mass is 9.79. The Hall–Kier alpha value is -12.8. The summed E-state index contributed by atoms with van der Waals surface area (Å²) in [7, 11) is 0. The van der Waals surface area contributed by atoms with E-state index in [4.69, 9.17) is 30.7 Å². The lowest BCUT2D eigenvalue weighted by Crippen LogP contribution is -2.17. The lowest BCUT2D eigenvalue weighted by molar-refractivity contribution is 0.509. The van der Waals surface area contributed by atoms with E-state index in [0.717, 1.165) is 106 Å². The Morgan fingerprint density at radius 1 is 0.339 bits per heavy atom. The zero-order valence-electron chi connectivity index (χ0n) is 68.1. The van der Waals surface area contributed by atoms with Crippen molar-refractivity contribution in [2.45, 2.75) is 125 Å². The number of allylic oxidation sites excluding steroid dienone is 4. The smallest absolute Gasteiger partial charge is 0.163 e. The van der Waals surface area contributed by atoms with Crippen LogP contribution in [0.2, 0.25) is 0 Å². The number of aromatic nitrogens is 3. The normalized spacial score (nSPS) is 14.3. The fourth-order valence-corrected chi connectivity index (χ4v) is 17.4. The van der Waals surface area contributed by atoms with Crippen LogP contribution < -0.4 is 5.73 Å². The number of nitrogens with two attached hydrogens (primary N) is 1. The van der Waals surface area contributed by atoms with Gasteiger partial charge in [-0.15, -0.1) is 0 Å². The summed E-state index contributed by atoms with van der Waals surface area (Å²) < 4.78 is 0. The third-order valence-corrected chi connectivity index (χ3v) is 24.0. The number of benzene rings is 16. The number of nitrogens with zero attached hydrogens (tertiary/aromatic N) is 5. The summed E-state index contributed by atoms with van der Waals surface area (Å²) in [5.74, 6) is 3.06. The zero-order chi connectivity index (χ0) is 79.4. The maximum absolute atomic E-state index is 7.26. The Bertz CT molecular complexity index is 6690. The number of aliphatic imine (C=N–C) groups is 2. The van der Waals surface area contributed by atoms with Crippen molar-refractivity contribution in [1.29, 1.82) is 0 Å². The predicted octanol–water partition coefficient (Wildman–Crippen LogP) is 28.9. The van der Waals surface area contributed by atoms with Crippen LogP contribution in [0.25, 0.3) is 153 Å². The topological polar surface area (TPSA) is 89.4 Å². The first-order valence-corrected chi connectivity index (χ1v) is 40.7. The maximum atomic E-state index is 7.26. The number of amidine groups is 2. The van der Waals surface area contributed by atoms with Crippen LogP contribution in [0.5, 0.6) is 0 Å². The quantitative estimate of drug-likeness (QED) is 0.0605. The average molecular weight is 1490 g/mol. The van der Waals surface area contributed by atoms with Crippen LogP contribution >= 0.6 is 0 Å². The maximum Gasteiger partial charge on any atom is 0.163 e. The lowest BCUT2D eigenvalue weighted by Gasteiger charge is -2.25. The van der Waals surface area contributed by atoms with E-state index in [9.17, 15) is 0 Å². The Kier molecular flexibility index (Phi) is 18.4. The van der Waals surface area contributed by atoms with Gasteiger partial charge in [-0.3, -0.25) is 4.99 Å². The Morgan fingerprint density at radius 3 is 1.03 bits per heavy atom. The molecule has 2 atom stereocenters. The van der Waals surface area contributed by atoms with E-state index in [1.807, 2.05) is 0 Å². The summed E-state index contributed by atoms with van der Waals surface area (Å²) in [5.41, 5.74) is 26.0. The van der Waals surface area contributed by atoms with Crippen molar-refractivity contribution in [2.75, 3.05) is 0 Å². The molecule has 17 aromatic rings. The van der Waals surface area contributed by atoms with E-state index < -0.39 is 0 Å². The molecule has 0 aliphatic heterocycles. The van der Waals surface area contributed by atoms with Gasteiger partial charge in [0, 0.05) is 28.2 Å². The first kappa shape index (κ1) is 73.7.